The van der Waals surface area contributed by atoms with E-state index < -0.39 is 12.3 Å². The van der Waals surface area contributed by atoms with Crippen LogP contribution in [0.25, 0.3) is 0 Å². The standard InChI is InChI=1S/C20H19Cl2NO4/c1-12-13-6-3-4-7-14(13)18(27-20(25)26-2)11-23(12)19(24)10-15-16(21)8-5-9-17(15)22/h3-9,12,18H,10-11H2,1-2H3/t12-,18-/m0/s1. The number of hydrogen-bond acceptors (Lipinski definition) is 4. The summed E-state index contributed by atoms with van der Waals surface area (Å²) in [6.07, 6.45) is -1.32. The maximum Gasteiger partial charge on any atom is 0.508 e. The number of carbonyl (C=O) groups is 2. The molecule has 1 aliphatic rings. The maximum absolute atomic E-state index is 13.0. The van der Waals surface area contributed by atoms with E-state index in [2.05, 4.69) is 4.74 Å². The van der Waals surface area contributed by atoms with Gasteiger partial charge in [0.15, 0.2) is 0 Å². The summed E-state index contributed by atoms with van der Waals surface area (Å²) in [6.45, 7) is 2.17. The predicted molar refractivity (Wildman–Crippen MR) is 103 cm³/mol. The summed E-state index contributed by atoms with van der Waals surface area (Å²) in [5, 5.41) is 0.895. The van der Waals surface area contributed by atoms with Crippen molar-refractivity contribution in [3.05, 3.63) is 69.2 Å². The predicted octanol–water partition coefficient (Wildman–Crippen LogP) is 4.96. The minimum Gasteiger partial charge on any atom is -0.438 e. The molecule has 0 aromatic heterocycles. The summed E-state index contributed by atoms with van der Waals surface area (Å²) in [5.41, 5.74) is 2.38. The molecule has 0 saturated heterocycles. The fourth-order valence-corrected chi connectivity index (χ4v) is 3.86. The zero-order chi connectivity index (χ0) is 19.6. The first-order chi connectivity index (χ1) is 12.9. The lowest BCUT2D eigenvalue weighted by Crippen LogP contribution is -2.42. The molecule has 1 aliphatic heterocycles. The number of ether oxygens (including phenoxy) is 2. The van der Waals surface area contributed by atoms with Crippen LogP contribution in [-0.4, -0.2) is 30.6 Å². The van der Waals surface area contributed by atoms with Crippen LogP contribution in [-0.2, 0) is 20.7 Å². The minimum atomic E-state index is -0.786. The first-order valence-electron chi connectivity index (χ1n) is 8.48. The second kappa shape index (κ2) is 8.19. The van der Waals surface area contributed by atoms with Crippen LogP contribution in [0, 0.1) is 0 Å². The van der Waals surface area contributed by atoms with E-state index >= 15 is 0 Å². The molecule has 1 amide bonds. The topological polar surface area (TPSA) is 55.8 Å². The highest BCUT2D eigenvalue weighted by Gasteiger charge is 2.35. The molecule has 1 heterocycles. The molecule has 0 spiro atoms. The van der Waals surface area contributed by atoms with Gasteiger partial charge in [-0.3, -0.25) is 4.79 Å². The van der Waals surface area contributed by atoms with Crippen molar-refractivity contribution in [2.24, 2.45) is 0 Å². The number of methoxy groups -OCH3 is 1. The number of benzene rings is 2. The lowest BCUT2D eigenvalue weighted by atomic mass is 9.91. The molecule has 0 radical (unpaired) electrons. The number of hydrogen-bond donors (Lipinski definition) is 0. The Morgan fingerprint density at radius 3 is 2.33 bits per heavy atom. The lowest BCUT2D eigenvalue weighted by Gasteiger charge is -2.39. The van der Waals surface area contributed by atoms with Crippen molar-refractivity contribution < 1.29 is 19.1 Å². The van der Waals surface area contributed by atoms with E-state index in [0.29, 0.717) is 15.6 Å². The van der Waals surface area contributed by atoms with Crippen LogP contribution in [0.15, 0.2) is 42.5 Å². The van der Waals surface area contributed by atoms with Gasteiger partial charge in [-0.2, -0.15) is 0 Å². The van der Waals surface area contributed by atoms with Gasteiger partial charge in [-0.25, -0.2) is 4.79 Å². The van der Waals surface area contributed by atoms with Gasteiger partial charge in [-0.15, -0.1) is 0 Å². The number of halogens is 2. The van der Waals surface area contributed by atoms with Crippen molar-refractivity contribution >= 4 is 35.3 Å². The molecule has 0 saturated carbocycles. The van der Waals surface area contributed by atoms with Gasteiger partial charge in [-0.05, 0) is 35.7 Å². The van der Waals surface area contributed by atoms with E-state index in [1.807, 2.05) is 31.2 Å². The summed E-state index contributed by atoms with van der Waals surface area (Å²) in [7, 11) is 1.25. The molecule has 2 atom stereocenters. The van der Waals surface area contributed by atoms with Gasteiger partial charge in [0.25, 0.3) is 0 Å². The van der Waals surface area contributed by atoms with Crippen molar-refractivity contribution in [3.8, 4) is 0 Å². The lowest BCUT2D eigenvalue weighted by molar-refractivity contribution is -0.135. The molecule has 3 rings (SSSR count). The summed E-state index contributed by atoms with van der Waals surface area (Å²) in [5.74, 6) is -0.148. The second-order valence-corrected chi connectivity index (χ2v) is 7.10. The number of rotatable bonds is 3. The van der Waals surface area contributed by atoms with Gasteiger partial charge in [0.1, 0.15) is 6.10 Å². The molecular formula is C20H19Cl2NO4. The van der Waals surface area contributed by atoms with E-state index in [-0.39, 0.29) is 24.9 Å². The highest BCUT2D eigenvalue weighted by molar-refractivity contribution is 6.36. The van der Waals surface area contributed by atoms with Crippen LogP contribution in [0.1, 0.15) is 35.8 Å². The van der Waals surface area contributed by atoms with Crippen molar-refractivity contribution in [2.45, 2.75) is 25.5 Å². The fraction of sp³-hybridized carbons (Fsp3) is 0.300. The van der Waals surface area contributed by atoms with E-state index in [1.54, 1.807) is 23.1 Å². The second-order valence-electron chi connectivity index (χ2n) is 6.29. The molecule has 0 bridgehead atoms. The Bertz CT molecular complexity index is 851. The molecule has 142 valence electrons. The van der Waals surface area contributed by atoms with Crippen molar-refractivity contribution in [2.75, 3.05) is 13.7 Å². The number of amides is 1. The summed E-state index contributed by atoms with van der Waals surface area (Å²) >= 11 is 12.4. The Hall–Kier alpha value is -2.24. The Labute approximate surface area is 167 Å². The largest absolute Gasteiger partial charge is 0.508 e. The van der Waals surface area contributed by atoms with Crippen LogP contribution >= 0.6 is 23.2 Å². The third-order valence-electron chi connectivity index (χ3n) is 4.74. The molecule has 2 aromatic carbocycles. The van der Waals surface area contributed by atoms with E-state index in [1.165, 1.54) is 7.11 Å². The quantitative estimate of drug-likeness (QED) is 0.674. The molecule has 0 unspecified atom stereocenters. The average molecular weight is 408 g/mol. The first-order valence-corrected chi connectivity index (χ1v) is 9.23. The van der Waals surface area contributed by atoms with Gasteiger partial charge < -0.3 is 14.4 Å². The van der Waals surface area contributed by atoms with Crippen LogP contribution in [0.5, 0.6) is 0 Å². The zero-order valence-electron chi connectivity index (χ0n) is 14.9. The zero-order valence-corrected chi connectivity index (χ0v) is 16.5. The third kappa shape index (κ3) is 4.04. The average Bonchev–Trinajstić information content (AvgIpc) is 2.66. The van der Waals surface area contributed by atoms with Crippen molar-refractivity contribution in [3.63, 3.8) is 0 Å². The monoisotopic (exact) mass is 407 g/mol. The van der Waals surface area contributed by atoms with Crippen molar-refractivity contribution in [1.82, 2.24) is 4.90 Å². The van der Waals surface area contributed by atoms with Crippen LogP contribution in [0.4, 0.5) is 4.79 Å². The Morgan fingerprint density at radius 2 is 1.70 bits per heavy atom. The molecule has 5 nitrogen and oxygen atoms in total. The third-order valence-corrected chi connectivity index (χ3v) is 5.45. The molecule has 27 heavy (non-hydrogen) atoms. The van der Waals surface area contributed by atoms with Gasteiger partial charge in [0, 0.05) is 10.0 Å². The van der Waals surface area contributed by atoms with E-state index in [0.717, 1.165) is 11.1 Å². The normalized spacial score (nSPS) is 18.6. The van der Waals surface area contributed by atoms with E-state index in [9.17, 15) is 9.59 Å². The SMILES string of the molecule is COC(=O)O[C@H]1CN(C(=O)Cc2c(Cl)cccc2Cl)[C@@H](C)c2ccccc21. The molecule has 2 aromatic rings. The number of fused-ring (bicyclic) bond motifs is 1. The maximum atomic E-state index is 13.0. The minimum absolute atomic E-state index is 0.0654. The highest BCUT2D eigenvalue weighted by atomic mass is 35.5. The molecule has 0 N–H and O–H groups in total. The van der Waals surface area contributed by atoms with Crippen LogP contribution in [0.2, 0.25) is 10.0 Å². The van der Waals surface area contributed by atoms with Gasteiger partial charge >= 0.3 is 6.16 Å². The smallest absolute Gasteiger partial charge is 0.438 e. The molecule has 7 heteroatoms. The Kier molecular flexibility index (Phi) is 5.92. The summed E-state index contributed by atoms with van der Waals surface area (Å²) < 4.78 is 10.0. The van der Waals surface area contributed by atoms with Gasteiger partial charge in [0.05, 0.1) is 26.1 Å². The molecule has 0 aliphatic carbocycles. The number of nitrogens with zero attached hydrogens (tertiary/aromatic N) is 1. The Balaban J connectivity index is 1.89. The Morgan fingerprint density at radius 1 is 1.07 bits per heavy atom. The van der Waals surface area contributed by atoms with Crippen molar-refractivity contribution in [1.29, 1.82) is 0 Å². The van der Waals surface area contributed by atoms with Gasteiger partial charge in [0.2, 0.25) is 5.91 Å². The van der Waals surface area contributed by atoms with Crippen LogP contribution in [0.3, 0.4) is 0 Å². The number of carbonyl (C=O) groups excluding carboxylic acids is 2. The summed E-state index contributed by atoms with van der Waals surface area (Å²) in [6, 6.07) is 12.6. The molecule has 0 fully saturated rings. The molecular weight excluding hydrogens is 389 g/mol. The van der Waals surface area contributed by atoms with Gasteiger partial charge in [-0.1, -0.05) is 53.5 Å². The first kappa shape index (κ1) is 19.5. The fourth-order valence-electron chi connectivity index (χ4n) is 3.32. The highest BCUT2D eigenvalue weighted by Crippen LogP contribution is 2.37. The summed E-state index contributed by atoms with van der Waals surface area (Å²) in [4.78, 5) is 26.4. The van der Waals surface area contributed by atoms with Crippen LogP contribution < -0.4 is 0 Å². The van der Waals surface area contributed by atoms with E-state index in [4.69, 9.17) is 27.9 Å².